The SMILES string of the molecule is NCC(=O)NCCc1ccc(OCC2CO2)cc1. The Morgan fingerprint density at radius 3 is 2.78 bits per heavy atom. The van der Waals surface area contributed by atoms with E-state index in [0.29, 0.717) is 13.2 Å². The zero-order valence-electron chi connectivity index (χ0n) is 10.2. The van der Waals surface area contributed by atoms with E-state index in [4.69, 9.17) is 15.2 Å². The van der Waals surface area contributed by atoms with Crippen LogP contribution in [0.1, 0.15) is 5.56 Å². The Hall–Kier alpha value is -1.59. The van der Waals surface area contributed by atoms with Crippen LogP contribution in [0.15, 0.2) is 24.3 Å². The highest BCUT2D eigenvalue weighted by Gasteiger charge is 2.22. The van der Waals surface area contributed by atoms with Gasteiger partial charge in [0.1, 0.15) is 18.5 Å². The number of benzene rings is 1. The summed E-state index contributed by atoms with van der Waals surface area (Å²) in [6.45, 7) is 2.06. The fraction of sp³-hybridized carbons (Fsp3) is 0.462. The molecule has 2 rings (SSSR count). The lowest BCUT2D eigenvalue weighted by Gasteiger charge is -2.06. The largest absolute Gasteiger partial charge is 0.491 e. The van der Waals surface area contributed by atoms with Crippen LogP contribution >= 0.6 is 0 Å². The lowest BCUT2D eigenvalue weighted by atomic mass is 10.1. The van der Waals surface area contributed by atoms with Gasteiger partial charge in [0.05, 0.1) is 13.2 Å². The molecule has 98 valence electrons. The van der Waals surface area contributed by atoms with E-state index >= 15 is 0 Å². The Balaban J connectivity index is 1.70. The maximum absolute atomic E-state index is 10.9. The minimum atomic E-state index is -0.126. The van der Waals surface area contributed by atoms with Crippen LogP contribution in [0, 0.1) is 0 Å². The lowest BCUT2D eigenvalue weighted by Crippen LogP contribution is -2.31. The van der Waals surface area contributed by atoms with Crippen LogP contribution in [0.4, 0.5) is 0 Å². The quantitative estimate of drug-likeness (QED) is 0.672. The Labute approximate surface area is 106 Å². The molecule has 0 spiro atoms. The molecular weight excluding hydrogens is 232 g/mol. The Morgan fingerprint density at radius 2 is 2.17 bits per heavy atom. The maximum Gasteiger partial charge on any atom is 0.233 e. The van der Waals surface area contributed by atoms with Crippen LogP contribution in [-0.4, -0.2) is 38.3 Å². The first-order valence-corrected chi connectivity index (χ1v) is 6.08. The second kappa shape index (κ2) is 6.37. The van der Waals surface area contributed by atoms with E-state index in [9.17, 15) is 4.79 Å². The number of rotatable bonds is 7. The molecule has 1 aliphatic rings. The van der Waals surface area contributed by atoms with Crippen molar-refractivity contribution in [3.8, 4) is 5.75 Å². The number of hydrogen-bond acceptors (Lipinski definition) is 4. The summed E-state index contributed by atoms with van der Waals surface area (Å²) in [6, 6.07) is 7.86. The number of nitrogens with two attached hydrogens (primary N) is 1. The number of carbonyl (C=O) groups excluding carboxylic acids is 1. The molecule has 1 aromatic carbocycles. The van der Waals surface area contributed by atoms with Gasteiger partial charge < -0.3 is 20.5 Å². The van der Waals surface area contributed by atoms with Crippen molar-refractivity contribution < 1.29 is 14.3 Å². The molecule has 5 heteroatoms. The topological polar surface area (TPSA) is 76.9 Å². The predicted molar refractivity (Wildman–Crippen MR) is 67.4 cm³/mol. The summed E-state index contributed by atoms with van der Waals surface area (Å²) in [6.07, 6.45) is 1.06. The standard InChI is InChI=1S/C13H18N2O3/c14-7-13(16)15-6-5-10-1-3-11(4-2-10)17-8-12-9-18-12/h1-4,12H,5-9,14H2,(H,15,16). The summed E-state index contributed by atoms with van der Waals surface area (Å²) >= 11 is 0. The number of nitrogens with one attached hydrogen (secondary N) is 1. The summed E-state index contributed by atoms with van der Waals surface area (Å²) in [7, 11) is 0. The molecule has 0 radical (unpaired) electrons. The Kier molecular flexibility index (Phi) is 4.55. The molecule has 0 saturated carbocycles. The smallest absolute Gasteiger partial charge is 0.233 e. The lowest BCUT2D eigenvalue weighted by molar-refractivity contribution is -0.119. The molecular formula is C13H18N2O3. The van der Waals surface area contributed by atoms with Gasteiger partial charge in [0.25, 0.3) is 0 Å². The first kappa shape index (κ1) is 12.9. The molecule has 0 aliphatic carbocycles. The molecule has 1 atom stereocenters. The van der Waals surface area contributed by atoms with E-state index in [0.717, 1.165) is 24.3 Å². The van der Waals surface area contributed by atoms with Gasteiger partial charge in [-0.05, 0) is 24.1 Å². The van der Waals surface area contributed by atoms with Crippen molar-refractivity contribution in [1.82, 2.24) is 5.32 Å². The molecule has 0 aromatic heterocycles. The molecule has 3 N–H and O–H groups in total. The molecule has 1 aromatic rings. The van der Waals surface area contributed by atoms with Gasteiger partial charge in [-0.1, -0.05) is 12.1 Å². The van der Waals surface area contributed by atoms with Gasteiger partial charge in [0, 0.05) is 6.54 Å². The third-order valence-corrected chi connectivity index (χ3v) is 2.68. The molecule has 1 heterocycles. The van der Waals surface area contributed by atoms with E-state index in [1.54, 1.807) is 0 Å². The molecule has 5 nitrogen and oxygen atoms in total. The van der Waals surface area contributed by atoms with Crippen LogP contribution < -0.4 is 15.8 Å². The summed E-state index contributed by atoms with van der Waals surface area (Å²) < 4.78 is 10.6. The minimum absolute atomic E-state index is 0.0377. The second-order valence-corrected chi connectivity index (χ2v) is 4.21. The maximum atomic E-state index is 10.9. The molecule has 1 fully saturated rings. The molecule has 1 unspecified atom stereocenters. The molecule has 0 bridgehead atoms. The van der Waals surface area contributed by atoms with Crippen molar-refractivity contribution in [2.75, 3.05) is 26.3 Å². The second-order valence-electron chi connectivity index (χ2n) is 4.21. The van der Waals surface area contributed by atoms with Crippen LogP contribution in [-0.2, 0) is 16.0 Å². The highest BCUT2D eigenvalue weighted by molar-refractivity contribution is 5.77. The van der Waals surface area contributed by atoms with Gasteiger partial charge in [0.2, 0.25) is 5.91 Å². The molecule has 1 amide bonds. The van der Waals surface area contributed by atoms with Crippen molar-refractivity contribution in [2.24, 2.45) is 5.73 Å². The number of amides is 1. The molecule has 18 heavy (non-hydrogen) atoms. The first-order valence-electron chi connectivity index (χ1n) is 6.08. The van der Waals surface area contributed by atoms with Crippen LogP contribution in [0.2, 0.25) is 0 Å². The monoisotopic (exact) mass is 250 g/mol. The fourth-order valence-corrected chi connectivity index (χ4v) is 1.52. The number of hydrogen-bond donors (Lipinski definition) is 2. The van der Waals surface area contributed by atoms with E-state index in [2.05, 4.69) is 5.32 Å². The van der Waals surface area contributed by atoms with Crippen molar-refractivity contribution in [3.05, 3.63) is 29.8 Å². The summed E-state index contributed by atoms with van der Waals surface area (Å²) in [5, 5.41) is 2.73. The zero-order valence-corrected chi connectivity index (χ0v) is 10.2. The Morgan fingerprint density at radius 1 is 1.44 bits per heavy atom. The summed E-state index contributed by atoms with van der Waals surface area (Å²) in [5.74, 6) is 0.722. The average Bonchev–Trinajstić information content (AvgIpc) is 3.21. The van der Waals surface area contributed by atoms with Crippen LogP contribution in [0.3, 0.4) is 0 Å². The summed E-state index contributed by atoms with van der Waals surface area (Å²) in [5.41, 5.74) is 6.35. The average molecular weight is 250 g/mol. The normalized spacial score (nSPS) is 17.3. The van der Waals surface area contributed by atoms with Crippen molar-refractivity contribution in [3.63, 3.8) is 0 Å². The van der Waals surface area contributed by atoms with Crippen LogP contribution in [0.25, 0.3) is 0 Å². The number of ether oxygens (including phenoxy) is 2. The van der Waals surface area contributed by atoms with E-state index < -0.39 is 0 Å². The zero-order chi connectivity index (χ0) is 12.8. The third-order valence-electron chi connectivity index (χ3n) is 2.68. The van der Waals surface area contributed by atoms with Gasteiger partial charge in [-0.2, -0.15) is 0 Å². The highest BCUT2D eigenvalue weighted by Crippen LogP contribution is 2.15. The van der Waals surface area contributed by atoms with E-state index in [1.807, 2.05) is 24.3 Å². The van der Waals surface area contributed by atoms with Gasteiger partial charge in [-0.3, -0.25) is 4.79 Å². The van der Waals surface area contributed by atoms with Gasteiger partial charge in [-0.15, -0.1) is 0 Å². The summed E-state index contributed by atoms with van der Waals surface area (Å²) in [4.78, 5) is 10.9. The first-order chi connectivity index (χ1) is 8.78. The highest BCUT2D eigenvalue weighted by atomic mass is 16.6. The van der Waals surface area contributed by atoms with Gasteiger partial charge in [-0.25, -0.2) is 0 Å². The fourth-order valence-electron chi connectivity index (χ4n) is 1.52. The van der Waals surface area contributed by atoms with Gasteiger partial charge >= 0.3 is 0 Å². The Bertz CT molecular complexity index is 388. The molecule has 1 saturated heterocycles. The van der Waals surface area contributed by atoms with Crippen molar-refractivity contribution in [2.45, 2.75) is 12.5 Å². The van der Waals surface area contributed by atoms with Crippen molar-refractivity contribution in [1.29, 1.82) is 0 Å². The van der Waals surface area contributed by atoms with Gasteiger partial charge in [0.15, 0.2) is 0 Å². The predicted octanol–water partition coefficient (Wildman–Crippen LogP) is 0.0816. The minimum Gasteiger partial charge on any atom is -0.491 e. The van der Waals surface area contributed by atoms with Crippen LogP contribution in [0.5, 0.6) is 5.75 Å². The number of carbonyl (C=O) groups is 1. The van der Waals surface area contributed by atoms with Crippen molar-refractivity contribution >= 4 is 5.91 Å². The van der Waals surface area contributed by atoms with E-state index in [1.165, 1.54) is 0 Å². The van der Waals surface area contributed by atoms with E-state index in [-0.39, 0.29) is 18.6 Å². The number of epoxide rings is 1. The molecule has 1 aliphatic heterocycles. The third kappa shape index (κ3) is 4.35.